The van der Waals surface area contributed by atoms with E-state index in [0.717, 1.165) is 12.1 Å². The molecule has 0 N–H and O–H groups in total. The Labute approximate surface area is 109 Å². The van der Waals surface area contributed by atoms with Gasteiger partial charge in [0.1, 0.15) is 4.32 Å². The number of amides is 1. The van der Waals surface area contributed by atoms with Crippen LogP contribution < -0.4 is 4.90 Å². The van der Waals surface area contributed by atoms with Gasteiger partial charge in [-0.25, -0.2) is 0 Å². The molecular formula is C11H10ClNOS2. The zero-order chi connectivity index (χ0) is 11.7. The van der Waals surface area contributed by atoms with Crippen molar-refractivity contribution in [2.24, 2.45) is 0 Å². The first-order chi connectivity index (χ1) is 7.63. The van der Waals surface area contributed by atoms with Crippen LogP contribution in [0.1, 0.15) is 13.3 Å². The number of rotatable bonds is 2. The monoisotopic (exact) mass is 271 g/mol. The van der Waals surface area contributed by atoms with Crippen molar-refractivity contribution in [3.05, 3.63) is 29.3 Å². The minimum atomic E-state index is -0.0387. The zero-order valence-corrected chi connectivity index (χ0v) is 11.0. The summed E-state index contributed by atoms with van der Waals surface area (Å²) < 4.78 is 0.624. The predicted octanol–water partition coefficient (Wildman–Crippen LogP) is 3.48. The Kier molecular flexibility index (Phi) is 3.52. The molecule has 1 aliphatic rings. The van der Waals surface area contributed by atoms with Gasteiger partial charge in [-0.15, -0.1) is 0 Å². The van der Waals surface area contributed by atoms with Crippen LogP contribution >= 0.6 is 35.6 Å². The lowest BCUT2D eigenvalue weighted by molar-refractivity contribution is -0.116. The minimum absolute atomic E-state index is 0.0387. The Balaban J connectivity index is 2.31. The third-order valence-electron chi connectivity index (χ3n) is 2.38. The summed E-state index contributed by atoms with van der Waals surface area (Å²) in [5.74, 6) is 0.0693. The minimum Gasteiger partial charge on any atom is -0.273 e. The number of hydrogen-bond acceptors (Lipinski definition) is 3. The Morgan fingerprint density at radius 3 is 2.56 bits per heavy atom. The number of hydrogen-bond donors (Lipinski definition) is 0. The smallest absolute Gasteiger partial charge is 0.246 e. The molecular weight excluding hydrogens is 262 g/mol. The van der Waals surface area contributed by atoms with Crippen molar-refractivity contribution >= 4 is 51.5 Å². The summed E-state index contributed by atoms with van der Waals surface area (Å²) >= 11 is 12.5. The van der Waals surface area contributed by atoms with Crippen LogP contribution in [0, 0.1) is 0 Å². The molecule has 16 heavy (non-hydrogen) atoms. The van der Waals surface area contributed by atoms with Gasteiger partial charge in [0.15, 0.2) is 0 Å². The third kappa shape index (κ3) is 2.10. The molecule has 1 aromatic carbocycles. The number of thioether (sulfide) groups is 1. The predicted molar refractivity (Wildman–Crippen MR) is 73.2 cm³/mol. The van der Waals surface area contributed by atoms with Crippen LogP contribution in [0.4, 0.5) is 5.69 Å². The lowest BCUT2D eigenvalue weighted by Crippen LogP contribution is -2.30. The Hall–Kier alpha value is -0.580. The van der Waals surface area contributed by atoms with E-state index in [0.29, 0.717) is 9.34 Å². The lowest BCUT2D eigenvalue weighted by atomic mass is 10.2. The highest BCUT2D eigenvalue weighted by Crippen LogP contribution is 2.33. The third-order valence-corrected chi connectivity index (χ3v) is 4.30. The maximum Gasteiger partial charge on any atom is 0.246 e. The van der Waals surface area contributed by atoms with Crippen molar-refractivity contribution in [2.75, 3.05) is 4.90 Å². The first-order valence-electron chi connectivity index (χ1n) is 4.93. The van der Waals surface area contributed by atoms with E-state index in [1.54, 1.807) is 17.0 Å². The van der Waals surface area contributed by atoms with Crippen molar-refractivity contribution in [3.8, 4) is 0 Å². The van der Waals surface area contributed by atoms with Gasteiger partial charge in [0.25, 0.3) is 0 Å². The molecule has 1 fully saturated rings. The van der Waals surface area contributed by atoms with Crippen LogP contribution in [0.25, 0.3) is 0 Å². The molecule has 0 aromatic heterocycles. The molecule has 2 nitrogen and oxygen atoms in total. The average Bonchev–Trinajstić information content (AvgIpc) is 2.56. The van der Waals surface area contributed by atoms with Crippen LogP contribution in [0.2, 0.25) is 5.02 Å². The van der Waals surface area contributed by atoms with E-state index < -0.39 is 0 Å². The van der Waals surface area contributed by atoms with Gasteiger partial charge < -0.3 is 0 Å². The summed E-state index contributed by atoms with van der Waals surface area (Å²) in [6, 6.07) is 7.14. The van der Waals surface area contributed by atoms with Gasteiger partial charge in [-0.3, -0.25) is 9.69 Å². The van der Waals surface area contributed by atoms with E-state index in [4.69, 9.17) is 23.8 Å². The van der Waals surface area contributed by atoms with Gasteiger partial charge in [0.2, 0.25) is 5.91 Å². The summed E-state index contributed by atoms with van der Waals surface area (Å²) in [6.07, 6.45) is 0.799. The van der Waals surface area contributed by atoms with Crippen LogP contribution in [0.15, 0.2) is 24.3 Å². The van der Waals surface area contributed by atoms with E-state index >= 15 is 0 Å². The molecule has 0 saturated carbocycles. The lowest BCUT2D eigenvalue weighted by Gasteiger charge is -2.15. The van der Waals surface area contributed by atoms with E-state index in [1.165, 1.54) is 11.8 Å². The summed E-state index contributed by atoms with van der Waals surface area (Å²) in [5.41, 5.74) is 0.794. The molecule has 5 heteroatoms. The van der Waals surface area contributed by atoms with E-state index in [1.807, 2.05) is 19.1 Å². The van der Waals surface area contributed by atoms with Gasteiger partial charge in [-0.1, -0.05) is 42.5 Å². The van der Waals surface area contributed by atoms with Crippen LogP contribution in [0.3, 0.4) is 0 Å². The molecule has 0 radical (unpaired) electrons. The SMILES string of the molecule is CC[C@H]1SC(=S)N(c2ccc(Cl)cc2)C1=O. The van der Waals surface area contributed by atoms with E-state index in [2.05, 4.69) is 0 Å². The normalized spacial score (nSPS) is 20.6. The molecule has 0 aliphatic carbocycles. The molecule has 1 aliphatic heterocycles. The summed E-state index contributed by atoms with van der Waals surface area (Å²) in [7, 11) is 0. The number of carbonyl (C=O) groups is 1. The number of thiocarbonyl (C=S) groups is 1. The van der Waals surface area contributed by atoms with Crippen LogP contribution in [0.5, 0.6) is 0 Å². The summed E-state index contributed by atoms with van der Waals surface area (Å²) in [5, 5.41) is 0.615. The van der Waals surface area contributed by atoms with Crippen molar-refractivity contribution in [2.45, 2.75) is 18.6 Å². The molecule has 1 amide bonds. The second kappa shape index (κ2) is 4.73. The first kappa shape index (κ1) is 11.9. The second-order valence-electron chi connectivity index (χ2n) is 3.43. The standard InChI is InChI=1S/C11H10ClNOS2/c1-2-9-10(14)13(11(15)16-9)8-5-3-7(12)4-6-8/h3-6,9H,2H2,1H3/t9-/m1/s1. The largest absolute Gasteiger partial charge is 0.273 e. The Morgan fingerprint density at radius 2 is 2.06 bits per heavy atom. The van der Waals surface area contributed by atoms with Crippen molar-refractivity contribution < 1.29 is 4.79 Å². The van der Waals surface area contributed by atoms with Gasteiger partial charge in [-0.05, 0) is 30.7 Å². The molecule has 2 rings (SSSR count). The molecule has 0 spiro atoms. The molecule has 1 saturated heterocycles. The Morgan fingerprint density at radius 1 is 1.44 bits per heavy atom. The van der Waals surface area contributed by atoms with Crippen molar-refractivity contribution in [1.82, 2.24) is 0 Å². The molecule has 84 valence electrons. The fourth-order valence-electron chi connectivity index (χ4n) is 1.54. The van der Waals surface area contributed by atoms with E-state index in [9.17, 15) is 4.79 Å². The molecule has 0 bridgehead atoms. The number of nitrogens with zero attached hydrogens (tertiary/aromatic N) is 1. The van der Waals surface area contributed by atoms with Gasteiger partial charge in [0.05, 0.1) is 10.9 Å². The highest BCUT2D eigenvalue weighted by atomic mass is 35.5. The zero-order valence-electron chi connectivity index (χ0n) is 8.64. The summed E-state index contributed by atoms with van der Waals surface area (Å²) in [6.45, 7) is 1.99. The van der Waals surface area contributed by atoms with Gasteiger partial charge in [-0.2, -0.15) is 0 Å². The van der Waals surface area contributed by atoms with Crippen LogP contribution in [-0.4, -0.2) is 15.5 Å². The van der Waals surface area contributed by atoms with Crippen molar-refractivity contribution in [1.29, 1.82) is 0 Å². The number of benzene rings is 1. The Bertz CT molecular complexity index is 432. The fourth-order valence-corrected chi connectivity index (χ4v) is 3.13. The second-order valence-corrected chi connectivity index (χ2v) is 5.70. The van der Waals surface area contributed by atoms with Crippen molar-refractivity contribution in [3.63, 3.8) is 0 Å². The van der Waals surface area contributed by atoms with Gasteiger partial charge >= 0.3 is 0 Å². The number of anilines is 1. The highest BCUT2D eigenvalue weighted by molar-refractivity contribution is 8.25. The number of halogens is 1. The maximum absolute atomic E-state index is 12.0. The highest BCUT2D eigenvalue weighted by Gasteiger charge is 2.36. The molecule has 1 heterocycles. The van der Waals surface area contributed by atoms with Gasteiger partial charge in [0, 0.05) is 5.02 Å². The van der Waals surface area contributed by atoms with Crippen LogP contribution in [-0.2, 0) is 4.79 Å². The quantitative estimate of drug-likeness (QED) is 0.768. The molecule has 1 aromatic rings. The average molecular weight is 272 g/mol. The number of carbonyl (C=O) groups excluding carboxylic acids is 1. The molecule has 1 atom stereocenters. The topological polar surface area (TPSA) is 20.3 Å². The first-order valence-corrected chi connectivity index (χ1v) is 6.60. The molecule has 0 unspecified atom stereocenters. The fraction of sp³-hybridized carbons (Fsp3) is 0.273. The summed E-state index contributed by atoms with van der Waals surface area (Å²) in [4.78, 5) is 13.6. The maximum atomic E-state index is 12.0. The van der Waals surface area contributed by atoms with E-state index in [-0.39, 0.29) is 11.2 Å².